The fraction of sp³-hybridized carbons (Fsp3) is 0.600. The highest BCUT2D eigenvalue weighted by Crippen LogP contribution is 2.20. The molecule has 94 valence electrons. The first-order valence-electron chi connectivity index (χ1n) is 5.58. The Morgan fingerprint density at radius 2 is 2.35 bits per heavy atom. The predicted octanol–water partition coefficient (Wildman–Crippen LogP) is 0.507. The molecule has 2 heterocycles. The number of nitrogens with zero attached hydrogens (tertiary/aromatic N) is 2. The minimum Gasteiger partial charge on any atom is -0.369 e. The summed E-state index contributed by atoms with van der Waals surface area (Å²) in [4.78, 5) is 8.16. The van der Waals surface area contributed by atoms with Gasteiger partial charge >= 0.3 is 0 Å². The van der Waals surface area contributed by atoms with Crippen LogP contribution in [0.25, 0.3) is 0 Å². The number of anilines is 2. The molecule has 1 aliphatic rings. The van der Waals surface area contributed by atoms with E-state index in [9.17, 15) is 8.42 Å². The van der Waals surface area contributed by atoms with Gasteiger partial charge in [-0.05, 0) is 18.9 Å². The van der Waals surface area contributed by atoms with Crippen molar-refractivity contribution < 1.29 is 8.42 Å². The maximum atomic E-state index is 11.6. The van der Waals surface area contributed by atoms with Crippen LogP contribution >= 0.6 is 0 Å². The summed E-state index contributed by atoms with van der Waals surface area (Å²) in [6.45, 7) is 0.419. The molecule has 6 nitrogen and oxygen atoms in total. The number of hydrogen-bond acceptors (Lipinski definition) is 6. The third-order valence-corrected chi connectivity index (χ3v) is 5.13. The Hall–Kier alpha value is -1.37. The van der Waals surface area contributed by atoms with Crippen LogP contribution in [0, 0.1) is 0 Å². The lowest BCUT2D eigenvalue weighted by molar-refractivity contribution is 0.591. The zero-order chi connectivity index (χ0) is 12.3. The minimum atomic E-state index is -2.89. The van der Waals surface area contributed by atoms with Crippen LogP contribution in [0.15, 0.2) is 12.3 Å². The molecule has 1 saturated heterocycles. The molecule has 0 spiro atoms. The molecular weight excluding hydrogens is 240 g/mol. The third kappa shape index (κ3) is 2.85. The van der Waals surface area contributed by atoms with Gasteiger partial charge < -0.3 is 10.6 Å². The highest BCUT2D eigenvalue weighted by Gasteiger charge is 2.30. The van der Waals surface area contributed by atoms with Crippen molar-refractivity contribution in [2.75, 3.05) is 30.0 Å². The van der Waals surface area contributed by atoms with Gasteiger partial charge in [-0.3, -0.25) is 0 Å². The van der Waals surface area contributed by atoms with Crippen LogP contribution < -0.4 is 10.6 Å². The van der Waals surface area contributed by atoms with E-state index in [-0.39, 0.29) is 5.25 Å². The zero-order valence-electron chi connectivity index (χ0n) is 9.68. The lowest BCUT2D eigenvalue weighted by Gasteiger charge is -2.11. The molecule has 17 heavy (non-hydrogen) atoms. The van der Waals surface area contributed by atoms with Crippen molar-refractivity contribution in [2.24, 2.45) is 0 Å². The Morgan fingerprint density at radius 1 is 1.53 bits per heavy atom. The highest BCUT2D eigenvalue weighted by molar-refractivity contribution is 7.92. The first-order valence-corrected chi connectivity index (χ1v) is 7.29. The standard InChI is InChI=1S/C10H16N4O2S/c1-11-10-12-5-4-9(14-10)13-7-8-3-2-6-17(8,15)16/h4-5,8H,2-3,6-7H2,1H3,(H2,11,12,13,14). The Morgan fingerprint density at radius 3 is 3.00 bits per heavy atom. The maximum Gasteiger partial charge on any atom is 0.224 e. The fourth-order valence-corrected chi connectivity index (χ4v) is 3.65. The largest absolute Gasteiger partial charge is 0.369 e. The van der Waals surface area contributed by atoms with Gasteiger partial charge in [0.15, 0.2) is 9.84 Å². The van der Waals surface area contributed by atoms with E-state index in [0.29, 0.717) is 24.1 Å². The summed E-state index contributed by atoms with van der Waals surface area (Å²) in [5.74, 6) is 1.47. The lowest BCUT2D eigenvalue weighted by Crippen LogP contribution is -2.25. The van der Waals surface area contributed by atoms with Gasteiger partial charge in [0.25, 0.3) is 0 Å². The van der Waals surface area contributed by atoms with E-state index in [0.717, 1.165) is 12.8 Å². The molecule has 0 bridgehead atoms. The Bertz CT molecular complexity index is 489. The fourth-order valence-electron chi connectivity index (χ4n) is 1.88. The SMILES string of the molecule is CNc1nccc(NCC2CCCS2(=O)=O)n1. The van der Waals surface area contributed by atoms with Gasteiger partial charge in [-0.15, -0.1) is 0 Å². The molecule has 1 aromatic heterocycles. The molecule has 0 aromatic carbocycles. The molecule has 0 amide bonds. The number of sulfone groups is 1. The molecule has 1 aliphatic heterocycles. The van der Waals surface area contributed by atoms with E-state index in [2.05, 4.69) is 20.6 Å². The topological polar surface area (TPSA) is 84.0 Å². The monoisotopic (exact) mass is 256 g/mol. The summed E-state index contributed by atoms with van der Waals surface area (Å²) in [6, 6.07) is 1.72. The van der Waals surface area contributed by atoms with Crippen molar-refractivity contribution in [1.82, 2.24) is 9.97 Å². The number of nitrogens with one attached hydrogen (secondary N) is 2. The summed E-state index contributed by atoms with van der Waals surface area (Å²) in [7, 11) is -1.16. The van der Waals surface area contributed by atoms with Gasteiger partial charge in [0.1, 0.15) is 5.82 Å². The van der Waals surface area contributed by atoms with Crippen molar-refractivity contribution in [2.45, 2.75) is 18.1 Å². The second-order valence-corrected chi connectivity index (χ2v) is 6.43. The molecule has 1 aromatic rings. The van der Waals surface area contributed by atoms with E-state index >= 15 is 0 Å². The predicted molar refractivity (Wildman–Crippen MR) is 66.9 cm³/mol. The van der Waals surface area contributed by atoms with Crippen molar-refractivity contribution in [3.05, 3.63) is 12.3 Å². The molecular formula is C10H16N4O2S. The van der Waals surface area contributed by atoms with Crippen LogP contribution in [0.1, 0.15) is 12.8 Å². The highest BCUT2D eigenvalue weighted by atomic mass is 32.2. The Kier molecular flexibility index (Phi) is 3.46. The van der Waals surface area contributed by atoms with E-state index in [1.165, 1.54) is 0 Å². The molecule has 0 aliphatic carbocycles. The van der Waals surface area contributed by atoms with Gasteiger partial charge in [-0.2, -0.15) is 4.98 Å². The molecule has 2 N–H and O–H groups in total. The van der Waals surface area contributed by atoms with Gasteiger partial charge in [0.2, 0.25) is 5.95 Å². The quantitative estimate of drug-likeness (QED) is 0.816. The molecule has 1 unspecified atom stereocenters. The summed E-state index contributed by atoms with van der Waals surface area (Å²) in [5.41, 5.74) is 0. The van der Waals surface area contributed by atoms with E-state index in [1.807, 2.05) is 0 Å². The van der Waals surface area contributed by atoms with E-state index < -0.39 is 9.84 Å². The van der Waals surface area contributed by atoms with Crippen molar-refractivity contribution >= 4 is 21.6 Å². The van der Waals surface area contributed by atoms with Crippen LogP contribution in [-0.2, 0) is 9.84 Å². The number of hydrogen-bond donors (Lipinski definition) is 2. The summed E-state index contributed by atoms with van der Waals surface area (Å²) < 4.78 is 23.2. The lowest BCUT2D eigenvalue weighted by atomic mass is 10.2. The second-order valence-electron chi connectivity index (χ2n) is 4.03. The average Bonchev–Trinajstić information content (AvgIpc) is 2.66. The van der Waals surface area contributed by atoms with Crippen molar-refractivity contribution in [1.29, 1.82) is 0 Å². The van der Waals surface area contributed by atoms with E-state index in [1.54, 1.807) is 19.3 Å². The van der Waals surface area contributed by atoms with Crippen LogP contribution in [0.4, 0.5) is 11.8 Å². The van der Waals surface area contributed by atoms with Crippen molar-refractivity contribution in [3.63, 3.8) is 0 Å². The van der Waals surface area contributed by atoms with E-state index in [4.69, 9.17) is 0 Å². The maximum absolute atomic E-state index is 11.6. The van der Waals surface area contributed by atoms with Gasteiger partial charge in [0, 0.05) is 19.8 Å². The molecule has 0 radical (unpaired) electrons. The number of rotatable bonds is 4. The van der Waals surface area contributed by atoms with Gasteiger partial charge in [-0.1, -0.05) is 0 Å². The number of aromatic nitrogens is 2. The van der Waals surface area contributed by atoms with Crippen LogP contribution in [0.3, 0.4) is 0 Å². The third-order valence-electron chi connectivity index (χ3n) is 2.85. The molecule has 2 rings (SSSR count). The molecule has 1 atom stereocenters. The Balaban J connectivity index is 1.98. The van der Waals surface area contributed by atoms with Gasteiger partial charge in [0.05, 0.1) is 11.0 Å². The van der Waals surface area contributed by atoms with Gasteiger partial charge in [-0.25, -0.2) is 13.4 Å². The first kappa shape index (κ1) is 12.1. The second kappa shape index (κ2) is 4.87. The normalized spacial score (nSPS) is 22.3. The van der Waals surface area contributed by atoms with Crippen LogP contribution in [0.5, 0.6) is 0 Å². The first-order chi connectivity index (χ1) is 8.12. The average molecular weight is 256 g/mol. The zero-order valence-corrected chi connectivity index (χ0v) is 10.5. The Labute approximate surface area is 101 Å². The smallest absolute Gasteiger partial charge is 0.224 e. The summed E-state index contributed by atoms with van der Waals surface area (Å²) >= 11 is 0. The van der Waals surface area contributed by atoms with Crippen molar-refractivity contribution in [3.8, 4) is 0 Å². The summed E-state index contributed by atoms with van der Waals surface area (Å²) in [5, 5.41) is 5.60. The van der Waals surface area contributed by atoms with Crippen LogP contribution in [0.2, 0.25) is 0 Å². The summed E-state index contributed by atoms with van der Waals surface area (Å²) in [6.07, 6.45) is 3.13. The minimum absolute atomic E-state index is 0.282. The van der Waals surface area contributed by atoms with Crippen LogP contribution in [-0.4, -0.2) is 43.0 Å². The molecule has 0 saturated carbocycles. The molecule has 1 fully saturated rings. The molecule has 7 heteroatoms.